The molecule has 124 valence electrons. The number of furan rings is 1. The first-order chi connectivity index (χ1) is 10.7. The third kappa shape index (κ3) is 3.90. The molecule has 0 aliphatic carbocycles. The molecule has 2 rings (SSSR count). The number of amides is 1. The van der Waals surface area contributed by atoms with Crippen molar-refractivity contribution in [3.63, 3.8) is 0 Å². The summed E-state index contributed by atoms with van der Waals surface area (Å²) in [6.45, 7) is 5.36. The minimum atomic E-state index is -1.20. The number of aliphatic hydroxyl groups is 1. The van der Waals surface area contributed by atoms with E-state index in [4.69, 9.17) is 4.42 Å². The maximum atomic E-state index is 12.3. The number of nitrogens with one attached hydrogen (secondary N) is 1. The number of hydrogen-bond acceptors (Lipinski definition) is 5. The lowest BCUT2D eigenvalue weighted by atomic mass is 9.96. The Morgan fingerprint density at radius 1 is 1.39 bits per heavy atom. The molecule has 23 heavy (non-hydrogen) atoms. The summed E-state index contributed by atoms with van der Waals surface area (Å²) in [5.74, 6) is 1.83. The van der Waals surface area contributed by atoms with Crippen molar-refractivity contribution in [2.24, 2.45) is 0 Å². The fraction of sp³-hybridized carbons (Fsp3) is 0.412. The third-order valence-corrected chi connectivity index (χ3v) is 3.68. The molecule has 0 radical (unpaired) electrons. The molecule has 0 saturated carbocycles. The van der Waals surface area contributed by atoms with Crippen LogP contribution in [0.1, 0.15) is 34.4 Å². The van der Waals surface area contributed by atoms with Crippen molar-refractivity contribution in [2.75, 3.05) is 25.5 Å². The lowest BCUT2D eigenvalue weighted by Crippen LogP contribution is -2.38. The SMILES string of the molecule is Cc1cc(C(C)(O)CNC(=O)c2ccnc(N(C)C)c2)c(C)o1. The molecule has 2 aromatic rings. The zero-order valence-electron chi connectivity index (χ0n) is 14.2. The molecule has 6 nitrogen and oxygen atoms in total. The van der Waals surface area contributed by atoms with E-state index >= 15 is 0 Å². The van der Waals surface area contributed by atoms with Crippen LogP contribution < -0.4 is 10.2 Å². The molecule has 2 heterocycles. The summed E-state index contributed by atoms with van der Waals surface area (Å²) in [4.78, 5) is 18.3. The lowest BCUT2D eigenvalue weighted by molar-refractivity contribution is 0.0514. The Labute approximate surface area is 136 Å². The normalized spacial score (nSPS) is 13.5. The van der Waals surface area contributed by atoms with Gasteiger partial charge in [-0.25, -0.2) is 4.98 Å². The van der Waals surface area contributed by atoms with Crippen molar-refractivity contribution < 1.29 is 14.3 Å². The number of pyridine rings is 1. The number of aromatic nitrogens is 1. The van der Waals surface area contributed by atoms with Crippen molar-refractivity contribution in [1.29, 1.82) is 0 Å². The van der Waals surface area contributed by atoms with Gasteiger partial charge in [-0.1, -0.05) is 0 Å². The molecule has 0 fully saturated rings. The van der Waals surface area contributed by atoms with Gasteiger partial charge in [0.15, 0.2) is 0 Å². The molecule has 6 heteroatoms. The molecule has 0 spiro atoms. The molecule has 1 amide bonds. The van der Waals surface area contributed by atoms with Gasteiger partial charge in [0.05, 0.1) is 6.54 Å². The summed E-state index contributed by atoms with van der Waals surface area (Å²) in [5.41, 5.74) is -0.0202. The van der Waals surface area contributed by atoms with Gasteiger partial charge in [-0.05, 0) is 39.0 Å². The highest BCUT2D eigenvalue weighted by Crippen LogP contribution is 2.26. The monoisotopic (exact) mass is 317 g/mol. The van der Waals surface area contributed by atoms with Crippen LogP contribution >= 0.6 is 0 Å². The standard InChI is InChI=1S/C17H23N3O3/c1-11-8-14(12(2)23-11)17(3,22)10-19-16(21)13-6-7-18-15(9-13)20(4)5/h6-9,22H,10H2,1-5H3,(H,19,21). The fourth-order valence-electron chi connectivity index (χ4n) is 2.42. The van der Waals surface area contributed by atoms with Crippen LogP contribution in [-0.4, -0.2) is 36.6 Å². The molecule has 1 atom stereocenters. The number of carbonyl (C=O) groups excluding carboxylic acids is 1. The molecule has 1 unspecified atom stereocenters. The van der Waals surface area contributed by atoms with Gasteiger partial charge in [0.2, 0.25) is 0 Å². The zero-order chi connectivity index (χ0) is 17.2. The quantitative estimate of drug-likeness (QED) is 0.882. The van der Waals surface area contributed by atoms with Crippen LogP contribution in [0.2, 0.25) is 0 Å². The van der Waals surface area contributed by atoms with E-state index in [1.165, 1.54) is 0 Å². The van der Waals surface area contributed by atoms with Crippen LogP contribution in [0.25, 0.3) is 0 Å². The van der Waals surface area contributed by atoms with Crippen LogP contribution in [0.3, 0.4) is 0 Å². The van der Waals surface area contributed by atoms with Crippen molar-refractivity contribution >= 4 is 11.7 Å². The third-order valence-electron chi connectivity index (χ3n) is 3.68. The minimum absolute atomic E-state index is 0.0886. The number of hydrogen-bond donors (Lipinski definition) is 2. The Bertz CT molecular complexity index is 705. The fourth-order valence-corrected chi connectivity index (χ4v) is 2.42. The van der Waals surface area contributed by atoms with Gasteiger partial charge in [-0.2, -0.15) is 0 Å². The maximum absolute atomic E-state index is 12.3. The van der Waals surface area contributed by atoms with Gasteiger partial charge in [0.25, 0.3) is 5.91 Å². The summed E-state index contributed by atoms with van der Waals surface area (Å²) >= 11 is 0. The van der Waals surface area contributed by atoms with Gasteiger partial charge in [0.1, 0.15) is 22.9 Å². The van der Waals surface area contributed by atoms with E-state index < -0.39 is 5.60 Å². The molecule has 2 N–H and O–H groups in total. The molecule has 0 aliphatic heterocycles. The van der Waals surface area contributed by atoms with E-state index in [2.05, 4.69) is 10.3 Å². The summed E-state index contributed by atoms with van der Waals surface area (Å²) < 4.78 is 5.45. The molecular formula is C17H23N3O3. The minimum Gasteiger partial charge on any atom is -0.466 e. The van der Waals surface area contributed by atoms with Crippen molar-refractivity contribution in [3.05, 3.63) is 47.0 Å². The second-order valence-electron chi connectivity index (χ2n) is 6.08. The first-order valence-corrected chi connectivity index (χ1v) is 7.42. The van der Waals surface area contributed by atoms with Gasteiger partial charge in [0, 0.05) is 31.4 Å². The Kier molecular flexibility index (Phi) is 4.75. The van der Waals surface area contributed by atoms with E-state index in [0.717, 1.165) is 5.76 Å². The predicted octanol–water partition coefficient (Wildman–Crippen LogP) is 1.99. The summed E-state index contributed by atoms with van der Waals surface area (Å²) in [6, 6.07) is 5.14. The van der Waals surface area contributed by atoms with Crippen LogP contribution in [0.15, 0.2) is 28.8 Å². The number of nitrogens with zero attached hydrogens (tertiary/aromatic N) is 2. The van der Waals surface area contributed by atoms with Crippen molar-refractivity contribution in [2.45, 2.75) is 26.4 Å². The van der Waals surface area contributed by atoms with Crippen LogP contribution in [0.5, 0.6) is 0 Å². The number of rotatable bonds is 5. The molecule has 0 aromatic carbocycles. The van der Waals surface area contributed by atoms with Crippen LogP contribution in [-0.2, 0) is 5.60 Å². The highest BCUT2D eigenvalue weighted by Gasteiger charge is 2.28. The largest absolute Gasteiger partial charge is 0.466 e. The second-order valence-corrected chi connectivity index (χ2v) is 6.08. The topological polar surface area (TPSA) is 78.6 Å². The van der Waals surface area contributed by atoms with Gasteiger partial charge >= 0.3 is 0 Å². The first kappa shape index (κ1) is 17.0. The number of carbonyl (C=O) groups is 1. The Hall–Kier alpha value is -2.34. The van der Waals surface area contributed by atoms with E-state index in [1.807, 2.05) is 25.9 Å². The van der Waals surface area contributed by atoms with Gasteiger partial charge in [-0.3, -0.25) is 4.79 Å². The van der Waals surface area contributed by atoms with E-state index in [9.17, 15) is 9.90 Å². The Balaban J connectivity index is 2.09. The summed E-state index contributed by atoms with van der Waals surface area (Å²) in [6.07, 6.45) is 1.59. The number of aryl methyl sites for hydroxylation is 2. The molecule has 0 aliphatic rings. The smallest absolute Gasteiger partial charge is 0.251 e. The Morgan fingerprint density at radius 2 is 2.09 bits per heavy atom. The summed E-state index contributed by atoms with van der Waals surface area (Å²) in [5, 5.41) is 13.4. The highest BCUT2D eigenvalue weighted by atomic mass is 16.3. The van der Waals surface area contributed by atoms with Gasteiger partial charge < -0.3 is 19.7 Å². The van der Waals surface area contributed by atoms with E-state index in [1.54, 1.807) is 38.2 Å². The van der Waals surface area contributed by atoms with Gasteiger partial charge in [-0.15, -0.1) is 0 Å². The molecular weight excluding hydrogens is 294 g/mol. The molecule has 0 saturated heterocycles. The van der Waals surface area contributed by atoms with E-state index in [0.29, 0.717) is 22.7 Å². The molecule has 0 bridgehead atoms. The maximum Gasteiger partial charge on any atom is 0.251 e. The highest BCUT2D eigenvalue weighted by molar-refractivity contribution is 5.94. The Morgan fingerprint density at radius 3 is 2.65 bits per heavy atom. The molecule has 2 aromatic heterocycles. The van der Waals surface area contributed by atoms with Crippen LogP contribution in [0, 0.1) is 13.8 Å². The van der Waals surface area contributed by atoms with Crippen LogP contribution in [0.4, 0.5) is 5.82 Å². The number of anilines is 1. The summed E-state index contributed by atoms with van der Waals surface area (Å²) in [7, 11) is 3.72. The second kappa shape index (κ2) is 6.42. The van der Waals surface area contributed by atoms with E-state index in [-0.39, 0.29) is 12.5 Å². The first-order valence-electron chi connectivity index (χ1n) is 7.42. The lowest BCUT2D eigenvalue weighted by Gasteiger charge is -2.23. The average Bonchev–Trinajstić information content (AvgIpc) is 2.84. The predicted molar refractivity (Wildman–Crippen MR) is 88.7 cm³/mol. The average molecular weight is 317 g/mol. The zero-order valence-corrected chi connectivity index (χ0v) is 14.2. The van der Waals surface area contributed by atoms with Crippen molar-refractivity contribution in [1.82, 2.24) is 10.3 Å². The van der Waals surface area contributed by atoms with Crippen molar-refractivity contribution in [3.8, 4) is 0 Å².